The Morgan fingerprint density at radius 3 is 1.36 bits per heavy atom. The van der Waals surface area contributed by atoms with Crippen LogP contribution in [0.1, 0.15) is 199 Å². The molecular weight excluding hydrogens is 468 g/mol. The van der Waals surface area contributed by atoms with E-state index >= 15 is 0 Å². The monoisotopic (exact) mass is 539 g/mol. The SMILES string of the molecule is CCCCCCCCCCCCCCCCCCCCCCC=Cc1ccc(CCCC(C)CCCC)cc1. The van der Waals surface area contributed by atoms with Gasteiger partial charge >= 0.3 is 0 Å². The number of unbranched alkanes of at least 4 members (excludes halogenated alkanes) is 21. The molecule has 1 rings (SSSR count). The first-order valence-corrected chi connectivity index (χ1v) is 18.0. The molecule has 0 N–H and O–H groups in total. The average Bonchev–Trinajstić information content (AvgIpc) is 2.95. The second kappa shape index (κ2) is 28.5. The van der Waals surface area contributed by atoms with Crippen molar-refractivity contribution in [3.8, 4) is 0 Å². The van der Waals surface area contributed by atoms with Crippen molar-refractivity contribution in [3.63, 3.8) is 0 Å². The van der Waals surface area contributed by atoms with Gasteiger partial charge in [0.05, 0.1) is 0 Å². The molecule has 39 heavy (non-hydrogen) atoms. The number of allylic oxidation sites excluding steroid dienone is 1. The van der Waals surface area contributed by atoms with Crippen LogP contribution in [0.3, 0.4) is 0 Å². The van der Waals surface area contributed by atoms with Gasteiger partial charge in [-0.15, -0.1) is 0 Å². The largest absolute Gasteiger partial charge is 0.0839 e. The molecule has 1 atom stereocenters. The summed E-state index contributed by atoms with van der Waals surface area (Å²) in [5, 5.41) is 0. The van der Waals surface area contributed by atoms with Gasteiger partial charge < -0.3 is 0 Å². The predicted octanol–water partition coefficient (Wildman–Crippen LogP) is 14.1. The Labute approximate surface area is 247 Å². The zero-order chi connectivity index (χ0) is 28.1. The van der Waals surface area contributed by atoms with Crippen molar-refractivity contribution < 1.29 is 0 Å². The van der Waals surface area contributed by atoms with Gasteiger partial charge in [-0.1, -0.05) is 205 Å². The molecule has 0 radical (unpaired) electrons. The minimum absolute atomic E-state index is 0.890. The standard InChI is InChI=1S/C39H70/c1-4-6-8-9-10-11-12-13-14-15-16-17-18-19-20-21-22-23-24-25-26-27-31-38-33-35-39(36-34-38)32-28-30-37(3)29-7-5-2/h27,31,33-37H,4-26,28-30,32H2,1-3H3. The second-order valence-corrected chi connectivity index (χ2v) is 12.8. The van der Waals surface area contributed by atoms with Gasteiger partial charge in [-0.3, -0.25) is 0 Å². The molecule has 0 fully saturated rings. The van der Waals surface area contributed by atoms with E-state index in [1.165, 1.54) is 184 Å². The van der Waals surface area contributed by atoms with Crippen LogP contribution in [0.15, 0.2) is 30.3 Å². The molecule has 0 heteroatoms. The molecule has 1 aromatic rings. The van der Waals surface area contributed by atoms with Crippen LogP contribution in [0.5, 0.6) is 0 Å². The van der Waals surface area contributed by atoms with E-state index in [0.29, 0.717) is 0 Å². The smallest absolute Gasteiger partial charge is 0.0260 e. The Balaban J connectivity index is 1.83. The highest BCUT2D eigenvalue weighted by molar-refractivity contribution is 5.49. The number of hydrogen-bond donors (Lipinski definition) is 0. The maximum Gasteiger partial charge on any atom is -0.0260 e. The van der Waals surface area contributed by atoms with E-state index < -0.39 is 0 Å². The van der Waals surface area contributed by atoms with Crippen molar-refractivity contribution in [1.29, 1.82) is 0 Å². The van der Waals surface area contributed by atoms with Gasteiger partial charge in [0.25, 0.3) is 0 Å². The summed E-state index contributed by atoms with van der Waals surface area (Å²) in [6.45, 7) is 7.02. The molecule has 0 aromatic heterocycles. The molecule has 0 saturated heterocycles. The van der Waals surface area contributed by atoms with Crippen molar-refractivity contribution >= 4 is 6.08 Å². The van der Waals surface area contributed by atoms with Crippen molar-refractivity contribution in [2.45, 2.75) is 194 Å². The van der Waals surface area contributed by atoms with Crippen LogP contribution < -0.4 is 0 Å². The first-order valence-electron chi connectivity index (χ1n) is 18.0. The van der Waals surface area contributed by atoms with Gasteiger partial charge in [-0.25, -0.2) is 0 Å². The first-order chi connectivity index (χ1) is 19.3. The highest BCUT2D eigenvalue weighted by Gasteiger charge is 2.02. The Morgan fingerprint density at radius 2 is 0.897 bits per heavy atom. The van der Waals surface area contributed by atoms with E-state index in [4.69, 9.17) is 0 Å². The normalized spacial score (nSPS) is 12.5. The second-order valence-electron chi connectivity index (χ2n) is 12.8. The Hall–Kier alpha value is -1.04. The van der Waals surface area contributed by atoms with Crippen LogP contribution in [0.2, 0.25) is 0 Å². The minimum Gasteiger partial charge on any atom is -0.0839 e. The number of benzene rings is 1. The van der Waals surface area contributed by atoms with Gasteiger partial charge in [0.1, 0.15) is 0 Å². The molecule has 0 spiro atoms. The molecule has 0 aliphatic heterocycles. The minimum atomic E-state index is 0.890. The van der Waals surface area contributed by atoms with Gasteiger partial charge in [0.15, 0.2) is 0 Å². The van der Waals surface area contributed by atoms with E-state index in [1.54, 1.807) is 0 Å². The maximum atomic E-state index is 2.42. The maximum absolute atomic E-state index is 2.42. The van der Waals surface area contributed by atoms with Gasteiger partial charge in [0.2, 0.25) is 0 Å². The van der Waals surface area contributed by atoms with E-state index in [-0.39, 0.29) is 0 Å². The molecule has 0 aliphatic carbocycles. The van der Waals surface area contributed by atoms with E-state index in [0.717, 1.165) is 5.92 Å². The Morgan fingerprint density at radius 1 is 0.487 bits per heavy atom. The fraction of sp³-hybridized carbons (Fsp3) is 0.795. The fourth-order valence-electron chi connectivity index (χ4n) is 5.88. The van der Waals surface area contributed by atoms with Crippen LogP contribution >= 0.6 is 0 Å². The lowest BCUT2D eigenvalue weighted by Crippen LogP contribution is -1.96. The van der Waals surface area contributed by atoms with Gasteiger partial charge in [-0.2, -0.15) is 0 Å². The quantitative estimate of drug-likeness (QED) is 0.0889. The summed E-state index contributed by atoms with van der Waals surface area (Å²) in [7, 11) is 0. The van der Waals surface area contributed by atoms with Crippen molar-refractivity contribution in [2.24, 2.45) is 5.92 Å². The molecular formula is C39H70. The van der Waals surface area contributed by atoms with E-state index in [1.807, 2.05) is 0 Å². The Kier molecular flexibility index (Phi) is 26.3. The lowest BCUT2D eigenvalue weighted by molar-refractivity contribution is 0.457. The van der Waals surface area contributed by atoms with Crippen LogP contribution in [-0.2, 0) is 6.42 Å². The van der Waals surface area contributed by atoms with Crippen LogP contribution in [0, 0.1) is 5.92 Å². The molecule has 0 amide bonds. The predicted molar refractivity (Wildman–Crippen MR) is 180 cm³/mol. The van der Waals surface area contributed by atoms with E-state index in [9.17, 15) is 0 Å². The average molecular weight is 539 g/mol. The molecule has 226 valence electrons. The Bertz CT molecular complexity index is 624. The third-order valence-electron chi connectivity index (χ3n) is 8.73. The number of hydrogen-bond acceptors (Lipinski definition) is 0. The molecule has 1 aromatic carbocycles. The van der Waals surface area contributed by atoms with Gasteiger partial charge in [-0.05, 0) is 42.7 Å². The topological polar surface area (TPSA) is 0 Å². The van der Waals surface area contributed by atoms with Crippen molar-refractivity contribution in [1.82, 2.24) is 0 Å². The zero-order valence-electron chi connectivity index (χ0n) is 27.1. The molecule has 0 bridgehead atoms. The van der Waals surface area contributed by atoms with E-state index in [2.05, 4.69) is 57.2 Å². The summed E-state index contributed by atoms with van der Waals surface area (Å²) in [6.07, 6.45) is 43.1. The molecule has 0 heterocycles. The first kappa shape index (κ1) is 36.0. The zero-order valence-corrected chi connectivity index (χ0v) is 27.1. The molecule has 1 unspecified atom stereocenters. The molecule has 0 aliphatic rings. The van der Waals surface area contributed by atoms with Crippen LogP contribution in [0.25, 0.3) is 6.08 Å². The summed E-state index contributed by atoms with van der Waals surface area (Å²) in [5.74, 6) is 0.890. The lowest BCUT2D eigenvalue weighted by atomic mass is 9.96. The fourth-order valence-corrected chi connectivity index (χ4v) is 5.88. The summed E-state index contributed by atoms with van der Waals surface area (Å²) in [6, 6.07) is 9.30. The van der Waals surface area contributed by atoms with Crippen molar-refractivity contribution in [3.05, 3.63) is 41.5 Å². The summed E-state index contributed by atoms with van der Waals surface area (Å²) >= 11 is 0. The van der Waals surface area contributed by atoms with Crippen LogP contribution in [0.4, 0.5) is 0 Å². The number of rotatable bonds is 29. The highest BCUT2D eigenvalue weighted by Crippen LogP contribution is 2.18. The van der Waals surface area contributed by atoms with Crippen molar-refractivity contribution in [2.75, 3.05) is 0 Å². The third kappa shape index (κ3) is 24.5. The summed E-state index contributed by atoms with van der Waals surface area (Å²) in [4.78, 5) is 0. The summed E-state index contributed by atoms with van der Waals surface area (Å²) in [5.41, 5.74) is 2.87. The van der Waals surface area contributed by atoms with Crippen LogP contribution in [-0.4, -0.2) is 0 Å². The molecule has 0 nitrogen and oxygen atoms in total. The molecule has 0 saturated carbocycles. The lowest BCUT2D eigenvalue weighted by Gasteiger charge is -2.10. The summed E-state index contributed by atoms with van der Waals surface area (Å²) < 4.78 is 0. The highest BCUT2D eigenvalue weighted by atomic mass is 14.1. The van der Waals surface area contributed by atoms with Gasteiger partial charge in [0, 0.05) is 0 Å². The number of aryl methyl sites for hydroxylation is 1. The third-order valence-corrected chi connectivity index (χ3v) is 8.73.